The maximum atomic E-state index is 9.23. The van der Waals surface area contributed by atoms with Crippen molar-refractivity contribution in [1.82, 2.24) is 0 Å². The molecule has 0 amide bonds. The highest BCUT2D eigenvalue weighted by Crippen LogP contribution is 2.28. The molecule has 0 aromatic heterocycles. The lowest BCUT2D eigenvalue weighted by Gasteiger charge is -2.03. The number of aryl methyl sites for hydroxylation is 1. The molecule has 0 aliphatic heterocycles. The van der Waals surface area contributed by atoms with Crippen LogP contribution in [0.25, 0.3) is 0 Å². The van der Waals surface area contributed by atoms with Gasteiger partial charge in [0.1, 0.15) is 11.5 Å². The second-order valence-corrected chi connectivity index (χ2v) is 2.38. The van der Waals surface area contributed by atoms with Crippen LogP contribution in [-0.2, 0) is 0 Å². The highest BCUT2D eigenvalue weighted by atomic mass is 16.3. The maximum absolute atomic E-state index is 9.23. The zero-order valence-electron chi connectivity index (χ0n) is 6.05. The fourth-order valence-corrected chi connectivity index (χ4v) is 0.825. The van der Waals surface area contributed by atoms with Crippen LogP contribution in [0.3, 0.4) is 0 Å². The lowest BCUT2D eigenvalue weighted by Crippen LogP contribution is -1.79. The van der Waals surface area contributed by atoms with Gasteiger partial charge >= 0.3 is 0 Å². The smallest absolute Gasteiger partial charge is 0.125 e. The summed E-state index contributed by atoms with van der Waals surface area (Å²) in [4.78, 5) is 0. The SMILES string of the molecule is Cc1ccc(O)c(C)c1O. The molecule has 0 saturated carbocycles. The summed E-state index contributed by atoms with van der Waals surface area (Å²) in [7, 11) is 0. The van der Waals surface area contributed by atoms with E-state index in [0.717, 1.165) is 5.56 Å². The van der Waals surface area contributed by atoms with Crippen molar-refractivity contribution < 1.29 is 10.2 Å². The van der Waals surface area contributed by atoms with Crippen molar-refractivity contribution in [3.8, 4) is 11.5 Å². The number of rotatable bonds is 0. The Morgan fingerprint density at radius 2 is 1.70 bits per heavy atom. The molecule has 1 rings (SSSR count). The van der Waals surface area contributed by atoms with Gasteiger partial charge in [-0.05, 0) is 25.5 Å². The molecule has 0 atom stereocenters. The van der Waals surface area contributed by atoms with E-state index in [0.29, 0.717) is 5.56 Å². The molecule has 0 aliphatic rings. The molecular formula is C8H10O2. The van der Waals surface area contributed by atoms with Crippen molar-refractivity contribution >= 4 is 0 Å². The fraction of sp³-hybridized carbons (Fsp3) is 0.250. The second kappa shape index (κ2) is 2.21. The normalized spacial score (nSPS) is 9.80. The van der Waals surface area contributed by atoms with Gasteiger partial charge in [0.05, 0.1) is 0 Å². The predicted molar refractivity (Wildman–Crippen MR) is 39.2 cm³/mol. The van der Waals surface area contributed by atoms with Crippen LogP contribution in [0.2, 0.25) is 0 Å². The third-order valence-electron chi connectivity index (χ3n) is 1.60. The number of hydrogen-bond donors (Lipinski definition) is 2. The summed E-state index contributed by atoms with van der Waals surface area (Å²) >= 11 is 0. The molecule has 2 heteroatoms. The van der Waals surface area contributed by atoms with Crippen molar-refractivity contribution in [3.05, 3.63) is 23.3 Å². The van der Waals surface area contributed by atoms with Gasteiger partial charge in [0, 0.05) is 5.56 Å². The van der Waals surface area contributed by atoms with E-state index in [1.165, 1.54) is 0 Å². The Morgan fingerprint density at radius 3 is 2.20 bits per heavy atom. The standard InChI is InChI=1S/C8H10O2/c1-5-3-4-7(9)6(2)8(5)10/h3-4,9-10H,1-2H3. The summed E-state index contributed by atoms with van der Waals surface area (Å²) in [5.41, 5.74) is 1.33. The molecule has 0 spiro atoms. The van der Waals surface area contributed by atoms with Crippen molar-refractivity contribution in [3.63, 3.8) is 0 Å². The highest BCUT2D eigenvalue weighted by Gasteiger charge is 2.02. The molecule has 0 radical (unpaired) electrons. The lowest BCUT2D eigenvalue weighted by atomic mass is 10.1. The van der Waals surface area contributed by atoms with Gasteiger partial charge < -0.3 is 10.2 Å². The average Bonchev–Trinajstić information content (AvgIpc) is 1.93. The molecule has 1 aromatic rings. The van der Waals surface area contributed by atoms with Crippen LogP contribution in [0.1, 0.15) is 11.1 Å². The topological polar surface area (TPSA) is 40.5 Å². The maximum Gasteiger partial charge on any atom is 0.125 e. The minimum Gasteiger partial charge on any atom is -0.508 e. The summed E-state index contributed by atoms with van der Waals surface area (Å²) in [5, 5.41) is 18.3. The summed E-state index contributed by atoms with van der Waals surface area (Å²) in [6, 6.07) is 3.25. The van der Waals surface area contributed by atoms with Crippen molar-refractivity contribution in [2.45, 2.75) is 13.8 Å². The van der Waals surface area contributed by atoms with E-state index < -0.39 is 0 Å². The van der Waals surface area contributed by atoms with Gasteiger partial charge in [-0.1, -0.05) is 6.07 Å². The summed E-state index contributed by atoms with van der Waals surface area (Å²) in [6.45, 7) is 3.47. The van der Waals surface area contributed by atoms with E-state index in [2.05, 4.69) is 0 Å². The number of benzene rings is 1. The Labute approximate surface area is 59.7 Å². The third kappa shape index (κ3) is 0.923. The van der Waals surface area contributed by atoms with Crippen LogP contribution in [-0.4, -0.2) is 10.2 Å². The molecule has 0 unspecified atom stereocenters. The van der Waals surface area contributed by atoms with Gasteiger partial charge in [-0.2, -0.15) is 0 Å². The van der Waals surface area contributed by atoms with E-state index in [4.69, 9.17) is 5.11 Å². The van der Waals surface area contributed by atoms with E-state index >= 15 is 0 Å². The Hall–Kier alpha value is -1.18. The predicted octanol–water partition coefficient (Wildman–Crippen LogP) is 1.71. The van der Waals surface area contributed by atoms with Gasteiger partial charge in [0.2, 0.25) is 0 Å². The Bertz CT molecular complexity index is 227. The fourth-order valence-electron chi connectivity index (χ4n) is 0.825. The molecule has 0 aliphatic carbocycles. The molecule has 1 aromatic carbocycles. The van der Waals surface area contributed by atoms with Gasteiger partial charge in [0.15, 0.2) is 0 Å². The van der Waals surface area contributed by atoms with E-state index in [-0.39, 0.29) is 11.5 Å². The number of phenols is 2. The first-order chi connectivity index (χ1) is 4.63. The molecule has 2 N–H and O–H groups in total. The van der Waals surface area contributed by atoms with Crippen LogP contribution < -0.4 is 0 Å². The minimum atomic E-state index is 0.142. The molecule has 10 heavy (non-hydrogen) atoms. The zero-order chi connectivity index (χ0) is 7.72. The molecule has 54 valence electrons. The van der Waals surface area contributed by atoms with Crippen LogP contribution in [0.5, 0.6) is 11.5 Å². The summed E-state index contributed by atoms with van der Waals surface area (Å²) in [6.07, 6.45) is 0. The number of aromatic hydroxyl groups is 2. The molecule has 0 bridgehead atoms. The lowest BCUT2D eigenvalue weighted by molar-refractivity contribution is 0.440. The van der Waals surface area contributed by atoms with E-state index in [1.54, 1.807) is 26.0 Å². The molecule has 0 fully saturated rings. The monoisotopic (exact) mass is 138 g/mol. The second-order valence-electron chi connectivity index (χ2n) is 2.38. The summed E-state index contributed by atoms with van der Waals surface area (Å²) in [5.74, 6) is 0.322. The van der Waals surface area contributed by atoms with Gasteiger partial charge in [-0.15, -0.1) is 0 Å². The highest BCUT2D eigenvalue weighted by molar-refractivity contribution is 5.46. The van der Waals surface area contributed by atoms with Gasteiger partial charge in [-0.25, -0.2) is 0 Å². The van der Waals surface area contributed by atoms with Crippen molar-refractivity contribution in [2.24, 2.45) is 0 Å². The van der Waals surface area contributed by atoms with Gasteiger partial charge in [0.25, 0.3) is 0 Å². The van der Waals surface area contributed by atoms with E-state index in [1.807, 2.05) is 0 Å². The molecule has 2 nitrogen and oxygen atoms in total. The first-order valence-electron chi connectivity index (χ1n) is 3.11. The Kier molecular flexibility index (Phi) is 1.53. The Morgan fingerprint density at radius 1 is 1.10 bits per heavy atom. The largest absolute Gasteiger partial charge is 0.508 e. The Balaban J connectivity index is 3.34. The van der Waals surface area contributed by atoms with E-state index in [9.17, 15) is 5.11 Å². The number of phenolic OH excluding ortho intramolecular Hbond substituents is 2. The van der Waals surface area contributed by atoms with Crippen molar-refractivity contribution in [1.29, 1.82) is 0 Å². The summed E-state index contributed by atoms with van der Waals surface area (Å²) < 4.78 is 0. The van der Waals surface area contributed by atoms with Gasteiger partial charge in [-0.3, -0.25) is 0 Å². The van der Waals surface area contributed by atoms with Crippen LogP contribution in [0, 0.1) is 13.8 Å². The van der Waals surface area contributed by atoms with Crippen LogP contribution in [0.4, 0.5) is 0 Å². The molecule has 0 saturated heterocycles. The zero-order valence-corrected chi connectivity index (χ0v) is 6.05. The van der Waals surface area contributed by atoms with Crippen LogP contribution in [0.15, 0.2) is 12.1 Å². The third-order valence-corrected chi connectivity index (χ3v) is 1.60. The first-order valence-corrected chi connectivity index (χ1v) is 3.11. The molecule has 0 heterocycles. The van der Waals surface area contributed by atoms with Crippen molar-refractivity contribution in [2.75, 3.05) is 0 Å². The average molecular weight is 138 g/mol. The number of hydrogen-bond acceptors (Lipinski definition) is 2. The minimum absolute atomic E-state index is 0.142. The quantitative estimate of drug-likeness (QED) is 0.573. The van der Waals surface area contributed by atoms with Crippen LogP contribution >= 0.6 is 0 Å². The molecular weight excluding hydrogens is 128 g/mol. The first kappa shape index (κ1) is 6.93.